The first-order chi connectivity index (χ1) is 9.91. The Morgan fingerprint density at radius 1 is 1.00 bits per heavy atom. The molecular formula is C19H30O2. The summed E-state index contributed by atoms with van der Waals surface area (Å²) >= 11 is 0. The molecule has 0 aliphatic heterocycles. The van der Waals surface area contributed by atoms with Gasteiger partial charge in [-0.15, -0.1) is 0 Å². The molecule has 2 heteroatoms. The number of fused-ring (bicyclic) bond motifs is 5. The molecule has 4 aliphatic carbocycles. The predicted molar refractivity (Wildman–Crippen MR) is 83.8 cm³/mol. The van der Waals surface area contributed by atoms with Crippen molar-refractivity contribution in [2.24, 2.45) is 35.0 Å². The molecule has 0 aromatic heterocycles. The molecule has 2 N–H and O–H groups in total. The topological polar surface area (TPSA) is 40.5 Å². The van der Waals surface area contributed by atoms with E-state index in [1.54, 1.807) is 0 Å². The molecule has 0 aromatic rings. The van der Waals surface area contributed by atoms with Gasteiger partial charge in [-0.2, -0.15) is 0 Å². The summed E-state index contributed by atoms with van der Waals surface area (Å²) in [5.41, 5.74) is -0.335. The summed E-state index contributed by atoms with van der Waals surface area (Å²) in [6, 6.07) is 0. The standard InChI is InChI=1S/C19H30O2/c1-18(21)9-7-13-12(11-18)3-4-15-14(13)8-10-19(2)16(15)5-6-17(19)20/h6,12-16,20-21H,3-5,7-11H2,1-2H3/t12-,13+,14-,15-,16+,18-,19+/m1/s1. The Balaban J connectivity index is 1.56. The van der Waals surface area contributed by atoms with Gasteiger partial charge in [-0.05, 0) is 94.0 Å². The largest absolute Gasteiger partial charge is 0.512 e. The van der Waals surface area contributed by atoms with Crippen LogP contribution in [-0.4, -0.2) is 15.8 Å². The van der Waals surface area contributed by atoms with Crippen LogP contribution in [0, 0.1) is 35.0 Å². The normalized spacial score (nSPS) is 56.1. The summed E-state index contributed by atoms with van der Waals surface area (Å²) in [4.78, 5) is 0. The maximum absolute atomic E-state index is 10.4. The molecule has 0 bridgehead atoms. The fourth-order valence-corrected chi connectivity index (χ4v) is 6.63. The maximum atomic E-state index is 10.4. The van der Waals surface area contributed by atoms with Gasteiger partial charge in [0.05, 0.1) is 11.4 Å². The van der Waals surface area contributed by atoms with Crippen LogP contribution in [0.4, 0.5) is 0 Å². The van der Waals surface area contributed by atoms with Gasteiger partial charge in [0.15, 0.2) is 0 Å². The van der Waals surface area contributed by atoms with Crippen molar-refractivity contribution in [3.8, 4) is 0 Å². The SMILES string of the molecule is C[C@@]1(O)CC[C@H]2[C@H](CC[C@@H]3[C@@H]2CC[C@]2(C)C(O)=CC[C@@H]32)C1. The first-order valence-corrected chi connectivity index (χ1v) is 9.03. The van der Waals surface area contributed by atoms with E-state index in [9.17, 15) is 10.2 Å². The summed E-state index contributed by atoms with van der Waals surface area (Å²) in [5.74, 6) is 4.63. The molecule has 0 unspecified atom stereocenters. The van der Waals surface area contributed by atoms with Crippen molar-refractivity contribution >= 4 is 0 Å². The summed E-state index contributed by atoms with van der Waals surface area (Å²) in [7, 11) is 0. The van der Waals surface area contributed by atoms with Crippen molar-refractivity contribution in [2.75, 3.05) is 0 Å². The first kappa shape index (κ1) is 14.1. The average Bonchev–Trinajstić information content (AvgIpc) is 2.73. The third kappa shape index (κ3) is 2.01. The van der Waals surface area contributed by atoms with Gasteiger partial charge in [0.25, 0.3) is 0 Å². The van der Waals surface area contributed by atoms with Crippen LogP contribution in [0.5, 0.6) is 0 Å². The van der Waals surface area contributed by atoms with Crippen LogP contribution in [0.2, 0.25) is 0 Å². The quantitative estimate of drug-likeness (QED) is 0.692. The van der Waals surface area contributed by atoms with Crippen LogP contribution >= 0.6 is 0 Å². The van der Waals surface area contributed by atoms with Gasteiger partial charge in [0.2, 0.25) is 0 Å². The van der Waals surface area contributed by atoms with E-state index < -0.39 is 5.60 Å². The maximum Gasteiger partial charge on any atom is 0.0944 e. The molecule has 118 valence electrons. The highest BCUT2D eigenvalue weighted by molar-refractivity contribution is 5.19. The van der Waals surface area contributed by atoms with Crippen molar-refractivity contribution in [1.82, 2.24) is 0 Å². The number of allylic oxidation sites excluding steroid dienone is 2. The number of rotatable bonds is 0. The molecule has 0 amide bonds. The van der Waals surface area contributed by atoms with Crippen LogP contribution in [0.15, 0.2) is 11.8 Å². The fourth-order valence-electron chi connectivity index (χ4n) is 6.63. The summed E-state index contributed by atoms with van der Waals surface area (Å²) in [6.07, 6.45) is 11.5. The van der Waals surface area contributed by atoms with Gasteiger partial charge in [-0.25, -0.2) is 0 Å². The number of hydrogen-bond acceptors (Lipinski definition) is 2. The molecule has 0 heterocycles. The molecule has 21 heavy (non-hydrogen) atoms. The summed E-state index contributed by atoms with van der Waals surface area (Å²) in [5, 5.41) is 20.7. The summed E-state index contributed by atoms with van der Waals surface area (Å²) < 4.78 is 0. The van der Waals surface area contributed by atoms with Crippen molar-refractivity contribution in [3.05, 3.63) is 11.8 Å². The molecule has 4 aliphatic rings. The van der Waals surface area contributed by atoms with Crippen molar-refractivity contribution in [1.29, 1.82) is 0 Å². The average molecular weight is 290 g/mol. The number of hydrogen-bond donors (Lipinski definition) is 2. The molecule has 3 fully saturated rings. The van der Waals surface area contributed by atoms with Crippen molar-refractivity contribution < 1.29 is 10.2 Å². The van der Waals surface area contributed by atoms with E-state index in [1.165, 1.54) is 32.1 Å². The van der Waals surface area contributed by atoms with Gasteiger partial charge in [-0.1, -0.05) is 6.92 Å². The summed E-state index contributed by atoms with van der Waals surface area (Å²) in [6.45, 7) is 4.33. The molecule has 0 aromatic carbocycles. The minimum absolute atomic E-state index is 0.0775. The molecule has 0 spiro atoms. The van der Waals surface area contributed by atoms with Gasteiger partial charge in [0.1, 0.15) is 0 Å². The number of aliphatic hydroxyl groups is 2. The zero-order valence-electron chi connectivity index (χ0n) is 13.5. The van der Waals surface area contributed by atoms with E-state index >= 15 is 0 Å². The highest BCUT2D eigenvalue weighted by Crippen LogP contribution is 2.62. The van der Waals surface area contributed by atoms with Gasteiger partial charge >= 0.3 is 0 Å². The van der Waals surface area contributed by atoms with Crippen LogP contribution in [-0.2, 0) is 0 Å². The smallest absolute Gasteiger partial charge is 0.0944 e. The molecule has 3 saturated carbocycles. The lowest BCUT2D eigenvalue weighted by Crippen LogP contribution is -2.50. The van der Waals surface area contributed by atoms with Gasteiger partial charge in [-0.3, -0.25) is 0 Å². The Morgan fingerprint density at radius 3 is 2.57 bits per heavy atom. The van der Waals surface area contributed by atoms with Crippen LogP contribution < -0.4 is 0 Å². The zero-order valence-corrected chi connectivity index (χ0v) is 13.5. The van der Waals surface area contributed by atoms with Gasteiger partial charge < -0.3 is 10.2 Å². The Hall–Kier alpha value is -0.500. The lowest BCUT2D eigenvalue weighted by molar-refractivity contribution is -0.0946. The van der Waals surface area contributed by atoms with E-state index in [-0.39, 0.29) is 5.41 Å². The Labute approximate surface area is 128 Å². The van der Waals surface area contributed by atoms with Crippen LogP contribution in [0.1, 0.15) is 65.2 Å². The van der Waals surface area contributed by atoms with E-state index in [2.05, 4.69) is 13.0 Å². The third-order valence-corrected chi connectivity index (χ3v) is 7.78. The lowest BCUT2D eigenvalue weighted by atomic mass is 9.49. The van der Waals surface area contributed by atoms with E-state index in [1.807, 2.05) is 6.92 Å². The van der Waals surface area contributed by atoms with E-state index in [0.717, 1.165) is 42.9 Å². The minimum atomic E-state index is -0.412. The van der Waals surface area contributed by atoms with Crippen LogP contribution in [0.25, 0.3) is 0 Å². The van der Waals surface area contributed by atoms with E-state index in [4.69, 9.17) is 0 Å². The molecule has 0 radical (unpaired) electrons. The molecule has 7 atom stereocenters. The predicted octanol–water partition coefficient (Wildman–Crippen LogP) is 4.44. The fraction of sp³-hybridized carbons (Fsp3) is 0.895. The molecule has 4 rings (SSSR count). The molecule has 2 nitrogen and oxygen atoms in total. The lowest BCUT2D eigenvalue weighted by Gasteiger charge is -2.56. The second-order valence-electron chi connectivity index (χ2n) is 8.96. The highest BCUT2D eigenvalue weighted by atomic mass is 16.3. The second-order valence-corrected chi connectivity index (χ2v) is 8.96. The zero-order chi connectivity index (χ0) is 14.8. The van der Waals surface area contributed by atoms with Crippen molar-refractivity contribution in [3.63, 3.8) is 0 Å². The van der Waals surface area contributed by atoms with Crippen LogP contribution in [0.3, 0.4) is 0 Å². The molecule has 0 saturated heterocycles. The number of aliphatic hydroxyl groups excluding tert-OH is 1. The van der Waals surface area contributed by atoms with Gasteiger partial charge in [0, 0.05) is 5.41 Å². The molecular weight excluding hydrogens is 260 g/mol. The highest BCUT2D eigenvalue weighted by Gasteiger charge is 2.55. The monoisotopic (exact) mass is 290 g/mol. The Kier molecular flexibility index (Phi) is 3.03. The third-order valence-electron chi connectivity index (χ3n) is 7.78. The Bertz CT molecular complexity index is 466. The second kappa shape index (κ2) is 4.50. The van der Waals surface area contributed by atoms with Crippen molar-refractivity contribution in [2.45, 2.75) is 70.8 Å². The Morgan fingerprint density at radius 2 is 1.76 bits per heavy atom. The first-order valence-electron chi connectivity index (χ1n) is 9.03. The minimum Gasteiger partial charge on any atom is -0.512 e. The van der Waals surface area contributed by atoms with E-state index in [0.29, 0.717) is 11.7 Å².